The van der Waals surface area contributed by atoms with E-state index in [0.29, 0.717) is 11.8 Å². The van der Waals surface area contributed by atoms with Gasteiger partial charge in [0.15, 0.2) is 5.88 Å². The molecule has 98 valence electrons. The lowest BCUT2D eigenvalue weighted by atomic mass is 9.98. The second-order valence-corrected chi connectivity index (χ2v) is 10.1. The summed E-state index contributed by atoms with van der Waals surface area (Å²) in [5, 5.41) is 0. The minimum atomic E-state index is -1.61. The minimum absolute atomic E-state index is 0.485. The molecule has 0 N–H and O–H groups in total. The normalized spacial score (nSPS) is 12.1. The predicted octanol–water partition coefficient (Wildman–Crippen LogP) is 4.55. The fraction of sp³-hybridized carbons (Fsp3) is 0.400. The van der Waals surface area contributed by atoms with Crippen molar-refractivity contribution in [3.05, 3.63) is 47.9 Å². The zero-order valence-corrected chi connectivity index (χ0v) is 13.0. The summed E-state index contributed by atoms with van der Waals surface area (Å²) in [6.07, 6.45) is 1.85. The molecule has 0 aliphatic heterocycles. The molecule has 0 saturated carbocycles. The molecule has 0 fully saturated rings. The molecular weight excluding hydrogens is 238 g/mol. The first-order valence-electron chi connectivity index (χ1n) is 6.30. The van der Waals surface area contributed by atoms with Gasteiger partial charge in [0.2, 0.25) is 8.32 Å². The van der Waals surface area contributed by atoms with E-state index >= 15 is 0 Å². The van der Waals surface area contributed by atoms with Crippen molar-refractivity contribution in [1.29, 1.82) is 0 Å². The summed E-state index contributed by atoms with van der Waals surface area (Å²) < 4.78 is 5.71. The number of benzene rings is 1. The van der Waals surface area contributed by atoms with Crippen LogP contribution in [0.25, 0.3) is 0 Å². The summed E-state index contributed by atoms with van der Waals surface area (Å²) in [5.41, 5.74) is 2.43. The molecule has 0 spiro atoms. The fourth-order valence-electron chi connectivity index (χ4n) is 1.68. The molecule has 2 nitrogen and oxygen atoms in total. The highest BCUT2D eigenvalue weighted by molar-refractivity contribution is 6.70. The lowest BCUT2D eigenvalue weighted by Gasteiger charge is -2.18. The lowest BCUT2D eigenvalue weighted by Crippen LogP contribution is -2.24. The van der Waals surface area contributed by atoms with Crippen LogP contribution >= 0.6 is 0 Å². The first-order chi connectivity index (χ1) is 8.29. The molecule has 1 rings (SSSR count). The van der Waals surface area contributed by atoms with Crippen molar-refractivity contribution >= 4 is 14.5 Å². The molecule has 0 aromatic heterocycles. The number of aliphatic imine (C=N–C) groups is 1. The van der Waals surface area contributed by atoms with E-state index in [-0.39, 0.29) is 0 Å². The average molecular weight is 261 g/mol. The maximum Gasteiger partial charge on any atom is 0.244 e. The van der Waals surface area contributed by atoms with Crippen molar-refractivity contribution in [1.82, 2.24) is 0 Å². The molecule has 1 aromatic rings. The summed E-state index contributed by atoms with van der Waals surface area (Å²) in [7, 11) is -1.61. The van der Waals surface area contributed by atoms with E-state index in [1.165, 1.54) is 5.56 Å². The van der Waals surface area contributed by atoms with Crippen molar-refractivity contribution in [2.45, 2.75) is 39.4 Å². The minimum Gasteiger partial charge on any atom is -0.532 e. The molecule has 0 aliphatic carbocycles. The Morgan fingerprint density at radius 1 is 1.28 bits per heavy atom. The summed E-state index contributed by atoms with van der Waals surface area (Å²) in [6, 6.07) is 8.28. The van der Waals surface area contributed by atoms with Crippen molar-refractivity contribution in [3.8, 4) is 0 Å². The van der Waals surface area contributed by atoms with Crippen LogP contribution in [0.5, 0.6) is 0 Å². The Balaban J connectivity index is 2.82. The number of hydrogen-bond donors (Lipinski definition) is 0. The topological polar surface area (TPSA) is 21.6 Å². The van der Waals surface area contributed by atoms with Crippen LogP contribution in [0.1, 0.15) is 30.9 Å². The second-order valence-electron chi connectivity index (χ2n) is 5.65. The van der Waals surface area contributed by atoms with Crippen LogP contribution in [0.2, 0.25) is 19.6 Å². The van der Waals surface area contributed by atoms with Gasteiger partial charge in [-0.25, -0.2) is 4.99 Å². The van der Waals surface area contributed by atoms with Gasteiger partial charge in [-0.1, -0.05) is 38.1 Å². The zero-order chi connectivity index (χ0) is 13.8. The third kappa shape index (κ3) is 4.88. The molecule has 0 radical (unpaired) electrons. The third-order valence-electron chi connectivity index (χ3n) is 2.39. The molecule has 0 bridgehead atoms. The Labute approximate surface area is 112 Å². The maximum atomic E-state index is 5.71. The van der Waals surface area contributed by atoms with Gasteiger partial charge >= 0.3 is 0 Å². The monoisotopic (exact) mass is 261 g/mol. The molecule has 0 unspecified atom stereocenters. The largest absolute Gasteiger partial charge is 0.532 e. The number of hydrogen-bond acceptors (Lipinski definition) is 2. The fourth-order valence-corrected chi connectivity index (χ4v) is 2.44. The van der Waals surface area contributed by atoms with E-state index < -0.39 is 8.32 Å². The molecule has 3 heteroatoms. The van der Waals surface area contributed by atoms with Crippen LogP contribution in [0.3, 0.4) is 0 Å². The second kappa shape index (κ2) is 6.00. The summed E-state index contributed by atoms with van der Waals surface area (Å²) in [4.78, 5) is 4.32. The Bertz CT molecular complexity index is 444. The van der Waals surface area contributed by atoms with Crippen LogP contribution in [-0.2, 0) is 4.43 Å². The van der Waals surface area contributed by atoms with Gasteiger partial charge in [-0.3, -0.25) is 0 Å². The van der Waals surface area contributed by atoms with E-state index in [9.17, 15) is 0 Å². The average Bonchev–Trinajstić information content (AvgIpc) is 2.24. The lowest BCUT2D eigenvalue weighted by molar-refractivity contribution is 0.421. The smallest absolute Gasteiger partial charge is 0.244 e. The Kier molecular flexibility index (Phi) is 4.90. The van der Waals surface area contributed by atoms with Crippen LogP contribution in [0.4, 0.5) is 0 Å². The highest BCUT2D eigenvalue weighted by atomic mass is 28.4. The van der Waals surface area contributed by atoms with E-state index in [0.717, 1.165) is 5.56 Å². The van der Waals surface area contributed by atoms with Gasteiger partial charge < -0.3 is 4.43 Å². The molecule has 0 amide bonds. The zero-order valence-electron chi connectivity index (χ0n) is 12.0. The van der Waals surface area contributed by atoms with E-state index in [1.807, 2.05) is 12.3 Å². The first kappa shape index (κ1) is 14.7. The van der Waals surface area contributed by atoms with Crippen LogP contribution in [0, 0.1) is 0 Å². The number of nitrogens with zero attached hydrogens (tertiary/aromatic N) is 1. The van der Waals surface area contributed by atoms with Gasteiger partial charge in [-0.15, -0.1) is 0 Å². The van der Waals surface area contributed by atoms with Crippen LogP contribution in [-0.4, -0.2) is 14.5 Å². The summed E-state index contributed by atoms with van der Waals surface area (Å²) >= 11 is 0. The SMILES string of the molecule is C=C(/N=C/c1ccccc1C(C)C)O[Si](C)(C)C. The molecule has 0 aliphatic rings. The maximum absolute atomic E-state index is 5.71. The van der Waals surface area contributed by atoms with Gasteiger partial charge in [0, 0.05) is 6.21 Å². The first-order valence-corrected chi connectivity index (χ1v) is 9.71. The van der Waals surface area contributed by atoms with Gasteiger partial charge in [0.25, 0.3) is 0 Å². The van der Waals surface area contributed by atoms with Crippen molar-refractivity contribution in [2.75, 3.05) is 0 Å². The van der Waals surface area contributed by atoms with E-state index in [4.69, 9.17) is 4.43 Å². The van der Waals surface area contributed by atoms with Gasteiger partial charge in [-0.05, 0) is 43.3 Å². The molecule has 1 aromatic carbocycles. The van der Waals surface area contributed by atoms with Gasteiger partial charge in [0.05, 0.1) is 0 Å². The molecule has 18 heavy (non-hydrogen) atoms. The summed E-state index contributed by atoms with van der Waals surface area (Å²) in [5.74, 6) is 0.992. The molecular formula is C15H23NOSi. The van der Waals surface area contributed by atoms with Crippen LogP contribution < -0.4 is 0 Å². The number of rotatable bonds is 5. The van der Waals surface area contributed by atoms with E-state index in [1.54, 1.807) is 0 Å². The van der Waals surface area contributed by atoms with E-state index in [2.05, 4.69) is 63.3 Å². The molecule has 0 atom stereocenters. The van der Waals surface area contributed by atoms with Crippen LogP contribution in [0.15, 0.2) is 41.7 Å². The van der Waals surface area contributed by atoms with Crippen molar-refractivity contribution in [3.63, 3.8) is 0 Å². The van der Waals surface area contributed by atoms with Gasteiger partial charge in [-0.2, -0.15) is 0 Å². The van der Waals surface area contributed by atoms with Gasteiger partial charge in [0.1, 0.15) is 0 Å². The standard InChI is InChI=1S/C15H23NOSi/c1-12(2)15-10-8-7-9-14(15)11-16-13(3)17-18(4,5)6/h7-12H,3H2,1-2,4-6H3/b16-11+. The molecule has 0 heterocycles. The predicted molar refractivity (Wildman–Crippen MR) is 81.7 cm³/mol. The highest BCUT2D eigenvalue weighted by Gasteiger charge is 2.16. The van der Waals surface area contributed by atoms with Crippen molar-refractivity contribution < 1.29 is 4.43 Å². The van der Waals surface area contributed by atoms with Crippen molar-refractivity contribution in [2.24, 2.45) is 4.99 Å². The molecule has 0 saturated heterocycles. The Morgan fingerprint density at radius 2 is 1.89 bits per heavy atom. The highest BCUT2D eigenvalue weighted by Crippen LogP contribution is 2.18. The Hall–Kier alpha value is -1.35. The quantitative estimate of drug-likeness (QED) is 0.433. The third-order valence-corrected chi connectivity index (χ3v) is 3.24. The Morgan fingerprint density at radius 3 is 2.44 bits per heavy atom. The summed E-state index contributed by atoms with van der Waals surface area (Å²) in [6.45, 7) is 14.6.